The van der Waals surface area contributed by atoms with Gasteiger partial charge in [-0.2, -0.15) is 5.26 Å². The van der Waals surface area contributed by atoms with Gasteiger partial charge in [0.2, 0.25) is 5.91 Å². The number of nitriles is 1. The molecule has 0 aliphatic heterocycles. The maximum atomic E-state index is 12.4. The summed E-state index contributed by atoms with van der Waals surface area (Å²) in [6.07, 6.45) is 5.74. The summed E-state index contributed by atoms with van der Waals surface area (Å²) in [5, 5.41) is 24.7. The molecule has 5 heteroatoms. The number of aromatic nitrogens is 1. The molecule has 1 spiro atoms. The van der Waals surface area contributed by atoms with Crippen molar-refractivity contribution in [3.63, 3.8) is 0 Å². The normalized spacial score (nSPS) is 30.0. The summed E-state index contributed by atoms with van der Waals surface area (Å²) < 4.78 is 0. The summed E-state index contributed by atoms with van der Waals surface area (Å²) in [5.74, 6) is 0.285. The topological polar surface area (TPSA) is 86.0 Å². The first kappa shape index (κ1) is 16.7. The quantitative estimate of drug-likeness (QED) is 0.872. The van der Waals surface area contributed by atoms with Crippen molar-refractivity contribution in [2.45, 2.75) is 50.5 Å². The first-order valence-electron chi connectivity index (χ1n) is 9.63. The third kappa shape index (κ3) is 2.47. The smallest absolute Gasteiger partial charge is 0.229 e. The molecule has 5 nitrogen and oxygen atoms in total. The Labute approximate surface area is 158 Å². The van der Waals surface area contributed by atoms with Gasteiger partial charge in [-0.3, -0.25) is 4.79 Å². The van der Waals surface area contributed by atoms with Gasteiger partial charge in [0.05, 0.1) is 17.1 Å². The summed E-state index contributed by atoms with van der Waals surface area (Å²) in [7, 11) is 0. The SMILES string of the molecule is CC(C)(O)[C@@H]1C[C@H]1C(=O)Nc1cc2cc([C@@]3(C#N)CC34CC4)ccc2cn1. The lowest BCUT2D eigenvalue weighted by Crippen LogP contribution is -2.26. The van der Waals surface area contributed by atoms with E-state index in [1.54, 1.807) is 20.0 Å². The highest BCUT2D eigenvalue weighted by atomic mass is 16.3. The van der Waals surface area contributed by atoms with Crippen LogP contribution in [0.1, 0.15) is 45.1 Å². The second-order valence-electron chi connectivity index (χ2n) is 9.20. The molecule has 3 saturated carbocycles. The van der Waals surface area contributed by atoms with E-state index in [2.05, 4.69) is 28.5 Å². The van der Waals surface area contributed by atoms with Gasteiger partial charge in [-0.15, -0.1) is 0 Å². The Bertz CT molecular complexity index is 1010. The lowest BCUT2D eigenvalue weighted by molar-refractivity contribution is -0.118. The molecule has 138 valence electrons. The molecule has 1 aromatic heterocycles. The summed E-state index contributed by atoms with van der Waals surface area (Å²) in [6.45, 7) is 3.49. The van der Waals surface area contributed by atoms with Crippen LogP contribution >= 0.6 is 0 Å². The van der Waals surface area contributed by atoms with E-state index in [1.807, 2.05) is 12.1 Å². The van der Waals surface area contributed by atoms with Crippen molar-refractivity contribution < 1.29 is 9.90 Å². The van der Waals surface area contributed by atoms with Gasteiger partial charge in [0.15, 0.2) is 0 Å². The monoisotopic (exact) mass is 361 g/mol. The number of fused-ring (bicyclic) bond motifs is 1. The average Bonchev–Trinajstić information content (AvgIpc) is 3.51. The van der Waals surface area contributed by atoms with E-state index in [-0.39, 0.29) is 28.6 Å². The van der Waals surface area contributed by atoms with Crippen molar-refractivity contribution in [3.05, 3.63) is 36.0 Å². The van der Waals surface area contributed by atoms with Gasteiger partial charge in [-0.25, -0.2) is 4.98 Å². The van der Waals surface area contributed by atoms with Crippen molar-refractivity contribution in [3.8, 4) is 6.07 Å². The van der Waals surface area contributed by atoms with E-state index in [1.165, 1.54) is 0 Å². The lowest BCUT2D eigenvalue weighted by Gasteiger charge is -2.16. The van der Waals surface area contributed by atoms with Gasteiger partial charge in [-0.1, -0.05) is 12.1 Å². The number of nitrogens with one attached hydrogen (secondary N) is 1. The second kappa shape index (κ2) is 5.08. The fraction of sp³-hybridized carbons (Fsp3) is 0.500. The third-order valence-electron chi connectivity index (χ3n) is 6.93. The van der Waals surface area contributed by atoms with Gasteiger partial charge in [0, 0.05) is 17.5 Å². The molecule has 0 saturated heterocycles. The standard InChI is InChI=1S/C22H23N3O2/c1-20(2,27)17-9-16(17)19(26)25-18-8-14-7-15(4-3-13(14)10-24-18)22(12-23)11-21(22)5-6-21/h3-4,7-8,10,16-17,27H,5-6,9,11H2,1-2H3,(H,24,25,26)/t16-,17-,22+/m1/s1. The fourth-order valence-electron chi connectivity index (χ4n) is 4.81. The number of carbonyl (C=O) groups excluding carboxylic acids is 1. The summed E-state index contributed by atoms with van der Waals surface area (Å²) >= 11 is 0. The number of rotatable bonds is 4. The molecule has 2 N–H and O–H groups in total. The predicted octanol–water partition coefficient (Wildman–Crippen LogP) is 3.53. The minimum Gasteiger partial charge on any atom is -0.390 e. The first-order valence-corrected chi connectivity index (χ1v) is 9.63. The van der Waals surface area contributed by atoms with Crippen LogP contribution in [0.2, 0.25) is 0 Å². The van der Waals surface area contributed by atoms with Crippen LogP contribution in [0.25, 0.3) is 10.8 Å². The molecule has 0 unspecified atom stereocenters. The summed E-state index contributed by atoms with van der Waals surface area (Å²) in [6, 6.07) is 10.6. The predicted molar refractivity (Wildman–Crippen MR) is 102 cm³/mol. The Morgan fingerprint density at radius 2 is 2.11 bits per heavy atom. The maximum absolute atomic E-state index is 12.4. The molecule has 27 heavy (non-hydrogen) atoms. The molecule has 1 aromatic carbocycles. The zero-order valence-corrected chi connectivity index (χ0v) is 15.6. The summed E-state index contributed by atoms with van der Waals surface area (Å²) in [5.41, 5.74) is 0.171. The molecular weight excluding hydrogens is 338 g/mol. The Morgan fingerprint density at radius 3 is 2.70 bits per heavy atom. The molecule has 3 fully saturated rings. The Balaban J connectivity index is 1.39. The van der Waals surface area contributed by atoms with Crippen molar-refractivity contribution in [2.75, 3.05) is 5.32 Å². The van der Waals surface area contributed by atoms with Gasteiger partial charge in [-0.05, 0) is 73.9 Å². The van der Waals surface area contributed by atoms with Crippen molar-refractivity contribution in [1.82, 2.24) is 4.98 Å². The zero-order valence-electron chi connectivity index (χ0n) is 15.6. The molecule has 3 aliphatic rings. The van der Waals surface area contributed by atoms with Crippen LogP contribution in [-0.4, -0.2) is 21.6 Å². The fourth-order valence-corrected chi connectivity index (χ4v) is 4.81. The molecule has 1 heterocycles. The van der Waals surface area contributed by atoms with Crippen molar-refractivity contribution >= 4 is 22.5 Å². The third-order valence-corrected chi connectivity index (χ3v) is 6.93. The lowest BCUT2D eigenvalue weighted by atomic mass is 9.92. The van der Waals surface area contributed by atoms with E-state index in [0.29, 0.717) is 12.2 Å². The highest BCUT2D eigenvalue weighted by Gasteiger charge is 2.75. The van der Waals surface area contributed by atoms with Gasteiger partial charge < -0.3 is 10.4 Å². The first-order chi connectivity index (χ1) is 12.8. The van der Waals surface area contributed by atoms with E-state index < -0.39 is 5.60 Å². The van der Waals surface area contributed by atoms with Crippen LogP contribution in [0.5, 0.6) is 0 Å². The van der Waals surface area contributed by atoms with Crippen LogP contribution < -0.4 is 5.32 Å². The van der Waals surface area contributed by atoms with Gasteiger partial charge in [0.25, 0.3) is 0 Å². The number of hydrogen-bond acceptors (Lipinski definition) is 4. The molecule has 2 aromatic rings. The van der Waals surface area contributed by atoms with Crippen LogP contribution in [0.4, 0.5) is 5.82 Å². The van der Waals surface area contributed by atoms with Crippen LogP contribution in [0.3, 0.4) is 0 Å². The number of benzene rings is 1. The summed E-state index contributed by atoms with van der Waals surface area (Å²) in [4.78, 5) is 16.8. The maximum Gasteiger partial charge on any atom is 0.229 e. The molecule has 3 atom stereocenters. The van der Waals surface area contributed by atoms with Crippen LogP contribution in [0.15, 0.2) is 30.5 Å². The largest absolute Gasteiger partial charge is 0.390 e. The average molecular weight is 361 g/mol. The Kier molecular flexibility index (Phi) is 3.14. The van der Waals surface area contributed by atoms with E-state index in [0.717, 1.165) is 35.6 Å². The Hall–Kier alpha value is -2.45. The van der Waals surface area contributed by atoms with Crippen LogP contribution in [-0.2, 0) is 10.2 Å². The molecule has 0 radical (unpaired) electrons. The minimum absolute atomic E-state index is 0.00430. The van der Waals surface area contributed by atoms with Crippen molar-refractivity contribution in [1.29, 1.82) is 5.26 Å². The van der Waals surface area contributed by atoms with E-state index in [9.17, 15) is 15.2 Å². The Morgan fingerprint density at radius 1 is 1.33 bits per heavy atom. The second-order valence-corrected chi connectivity index (χ2v) is 9.20. The van der Waals surface area contributed by atoms with E-state index >= 15 is 0 Å². The number of amides is 1. The number of hydrogen-bond donors (Lipinski definition) is 2. The van der Waals surface area contributed by atoms with Gasteiger partial charge >= 0.3 is 0 Å². The molecule has 1 amide bonds. The molecule has 5 rings (SSSR count). The highest BCUT2D eigenvalue weighted by molar-refractivity contribution is 5.96. The van der Waals surface area contributed by atoms with E-state index in [4.69, 9.17) is 0 Å². The molecule has 0 bridgehead atoms. The number of aliphatic hydroxyl groups is 1. The highest BCUT2D eigenvalue weighted by Crippen LogP contribution is 2.78. The molecule has 3 aliphatic carbocycles. The van der Waals surface area contributed by atoms with Crippen molar-refractivity contribution in [2.24, 2.45) is 17.3 Å². The van der Waals surface area contributed by atoms with Gasteiger partial charge in [0.1, 0.15) is 5.82 Å². The zero-order chi connectivity index (χ0) is 19.0. The number of nitrogens with zero attached hydrogens (tertiary/aromatic N) is 2. The number of pyridine rings is 1. The number of anilines is 1. The molecular formula is C22H23N3O2. The van der Waals surface area contributed by atoms with Crippen LogP contribution in [0, 0.1) is 28.6 Å². The minimum atomic E-state index is -0.831. The number of carbonyl (C=O) groups is 1.